The predicted octanol–water partition coefficient (Wildman–Crippen LogP) is 1.83. The number of piperidine rings is 1. The first-order valence-electron chi connectivity index (χ1n) is 7.65. The zero-order valence-electron chi connectivity index (χ0n) is 12.8. The van der Waals surface area contributed by atoms with Crippen molar-refractivity contribution in [3.63, 3.8) is 0 Å². The summed E-state index contributed by atoms with van der Waals surface area (Å²) in [6.45, 7) is 0.681. The fourth-order valence-corrected chi connectivity index (χ4v) is 3.57. The zero-order chi connectivity index (χ0) is 15.8. The molecule has 2 aliphatic rings. The highest BCUT2D eigenvalue weighted by atomic mass is 32.2. The molecule has 0 bridgehead atoms. The number of amides is 1. The number of carbonyl (C=O) groups is 1. The lowest BCUT2D eigenvalue weighted by Gasteiger charge is -2.32. The van der Waals surface area contributed by atoms with Crippen LogP contribution in [0.5, 0.6) is 0 Å². The van der Waals surface area contributed by atoms with Crippen LogP contribution in [0.25, 0.3) is 0 Å². The fraction of sp³-hybridized carbons (Fsp3) is 0.375. The Kier molecular flexibility index (Phi) is 3.65. The molecule has 1 fully saturated rings. The molecule has 1 amide bonds. The predicted molar refractivity (Wildman–Crippen MR) is 89.1 cm³/mol. The smallest absolute Gasteiger partial charge is 0.266 e. The van der Waals surface area contributed by atoms with Gasteiger partial charge in [0.2, 0.25) is 11.1 Å². The number of fused-ring (bicyclic) bond motifs is 2. The van der Waals surface area contributed by atoms with Crippen LogP contribution in [-0.2, 0) is 17.8 Å². The first-order valence-corrected chi connectivity index (χ1v) is 8.87. The summed E-state index contributed by atoms with van der Waals surface area (Å²) in [5.74, 6) is 0.584. The van der Waals surface area contributed by atoms with Crippen LogP contribution in [0.1, 0.15) is 12.0 Å². The van der Waals surface area contributed by atoms with E-state index in [0.717, 1.165) is 12.8 Å². The summed E-state index contributed by atoms with van der Waals surface area (Å²) < 4.78 is 1.82. The van der Waals surface area contributed by atoms with Gasteiger partial charge in [0, 0.05) is 12.0 Å². The third-order valence-electron chi connectivity index (χ3n) is 4.28. The van der Waals surface area contributed by atoms with Crippen molar-refractivity contribution in [1.29, 1.82) is 0 Å². The third kappa shape index (κ3) is 2.76. The lowest BCUT2D eigenvalue weighted by molar-refractivity contribution is -0.116. The molecule has 6 nitrogen and oxygen atoms in total. The zero-order valence-corrected chi connectivity index (χ0v) is 13.6. The standard InChI is InChI=1S/C16H17N5OS/c1-23-16-19-15-18-13-11(9-21(15)20-16)8-12(17-14(13)22)7-10-5-3-2-4-6-10/h2-6,11-12H,7-9H2,1H3,(H,17,22). The molecule has 4 rings (SSSR count). The second kappa shape index (κ2) is 5.81. The Bertz CT molecular complexity index is 770. The van der Waals surface area contributed by atoms with Crippen molar-refractivity contribution in [3.05, 3.63) is 35.9 Å². The molecule has 1 N–H and O–H groups in total. The number of carbonyl (C=O) groups excluding carboxylic acids is 1. The van der Waals surface area contributed by atoms with Crippen molar-refractivity contribution in [2.24, 2.45) is 10.9 Å². The van der Waals surface area contributed by atoms with E-state index in [0.29, 0.717) is 23.4 Å². The van der Waals surface area contributed by atoms with Crippen molar-refractivity contribution in [1.82, 2.24) is 20.1 Å². The molecule has 7 heteroatoms. The van der Waals surface area contributed by atoms with Gasteiger partial charge in [0.15, 0.2) is 0 Å². The minimum absolute atomic E-state index is 0.0675. The van der Waals surface area contributed by atoms with Crippen molar-refractivity contribution in [3.8, 4) is 0 Å². The highest BCUT2D eigenvalue weighted by Crippen LogP contribution is 2.28. The first kappa shape index (κ1) is 14.4. The lowest BCUT2D eigenvalue weighted by Crippen LogP contribution is -2.51. The molecule has 0 saturated carbocycles. The molecule has 2 aliphatic heterocycles. The van der Waals surface area contributed by atoms with E-state index in [1.165, 1.54) is 17.3 Å². The Balaban J connectivity index is 1.55. The van der Waals surface area contributed by atoms with Crippen LogP contribution in [0.15, 0.2) is 40.5 Å². The fourth-order valence-electron chi connectivity index (χ4n) is 3.22. The highest BCUT2D eigenvalue weighted by molar-refractivity contribution is 7.98. The van der Waals surface area contributed by atoms with E-state index in [1.54, 1.807) is 0 Å². The maximum absolute atomic E-state index is 12.4. The summed E-state index contributed by atoms with van der Waals surface area (Å²) in [4.78, 5) is 21.2. The molecule has 0 radical (unpaired) electrons. The van der Waals surface area contributed by atoms with Crippen LogP contribution in [0.4, 0.5) is 5.95 Å². The van der Waals surface area contributed by atoms with E-state index in [2.05, 4.69) is 32.5 Å². The highest BCUT2D eigenvalue weighted by Gasteiger charge is 2.36. The summed E-state index contributed by atoms with van der Waals surface area (Å²) >= 11 is 1.49. The van der Waals surface area contributed by atoms with Gasteiger partial charge in [-0.3, -0.25) is 4.79 Å². The van der Waals surface area contributed by atoms with Crippen molar-refractivity contribution < 1.29 is 4.79 Å². The second-order valence-corrected chi connectivity index (χ2v) is 6.64. The van der Waals surface area contributed by atoms with Gasteiger partial charge in [0.1, 0.15) is 5.71 Å². The average molecular weight is 327 g/mol. The molecular weight excluding hydrogens is 310 g/mol. The van der Waals surface area contributed by atoms with Gasteiger partial charge in [-0.25, -0.2) is 9.67 Å². The van der Waals surface area contributed by atoms with Gasteiger partial charge in [0.25, 0.3) is 5.91 Å². The van der Waals surface area contributed by atoms with Crippen LogP contribution in [-0.4, -0.2) is 38.7 Å². The summed E-state index contributed by atoms with van der Waals surface area (Å²) in [6, 6.07) is 10.4. The number of rotatable bonds is 3. The molecule has 23 heavy (non-hydrogen) atoms. The van der Waals surface area contributed by atoms with Gasteiger partial charge in [-0.2, -0.15) is 4.98 Å². The van der Waals surface area contributed by atoms with Gasteiger partial charge in [-0.1, -0.05) is 42.1 Å². The van der Waals surface area contributed by atoms with Crippen LogP contribution >= 0.6 is 11.8 Å². The molecule has 1 aromatic carbocycles. The molecule has 2 aromatic rings. The van der Waals surface area contributed by atoms with Gasteiger partial charge in [-0.15, -0.1) is 5.10 Å². The molecule has 2 unspecified atom stereocenters. The number of hydrogen-bond donors (Lipinski definition) is 1. The molecule has 0 spiro atoms. The van der Waals surface area contributed by atoms with E-state index >= 15 is 0 Å². The third-order valence-corrected chi connectivity index (χ3v) is 4.82. The van der Waals surface area contributed by atoms with Crippen molar-refractivity contribution >= 4 is 29.3 Å². The van der Waals surface area contributed by atoms with Crippen LogP contribution in [0, 0.1) is 5.92 Å². The van der Waals surface area contributed by atoms with E-state index in [-0.39, 0.29) is 17.9 Å². The molecule has 118 valence electrons. The van der Waals surface area contributed by atoms with Crippen molar-refractivity contribution in [2.45, 2.75) is 30.6 Å². The summed E-state index contributed by atoms with van der Waals surface area (Å²) in [5.41, 5.74) is 1.84. The maximum atomic E-state index is 12.4. The van der Waals surface area contributed by atoms with E-state index in [4.69, 9.17) is 0 Å². The summed E-state index contributed by atoms with van der Waals surface area (Å²) in [5, 5.41) is 8.21. The number of aromatic nitrogens is 3. The Morgan fingerprint density at radius 3 is 2.96 bits per heavy atom. The largest absolute Gasteiger partial charge is 0.348 e. The number of aliphatic imine (C=N–C) groups is 1. The molecular formula is C16H17N5OS. The maximum Gasteiger partial charge on any atom is 0.266 e. The molecule has 2 atom stereocenters. The lowest BCUT2D eigenvalue weighted by atomic mass is 9.86. The average Bonchev–Trinajstić information content (AvgIpc) is 2.96. The number of benzene rings is 1. The Morgan fingerprint density at radius 2 is 2.17 bits per heavy atom. The molecule has 1 saturated heterocycles. The van der Waals surface area contributed by atoms with E-state index in [1.807, 2.05) is 29.1 Å². The number of nitrogens with one attached hydrogen (secondary N) is 1. The quantitative estimate of drug-likeness (QED) is 0.873. The van der Waals surface area contributed by atoms with Crippen molar-refractivity contribution in [2.75, 3.05) is 6.26 Å². The number of nitrogens with zero attached hydrogens (tertiary/aromatic N) is 4. The summed E-state index contributed by atoms with van der Waals surface area (Å²) in [7, 11) is 0. The SMILES string of the molecule is CSc1nc2n(n1)CC1CC(Cc3ccccc3)NC(=O)C1=N2. The number of thioether (sulfide) groups is 1. The van der Waals surface area contributed by atoms with E-state index < -0.39 is 0 Å². The monoisotopic (exact) mass is 327 g/mol. The Labute approximate surface area is 138 Å². The topological polar surface area (TPSA) is 72.2 Å². The summed E-state index contributed by atoms with van der Waals surface area (Å²) in [6.07, 6.45) is 3.66. The minimum atomic E-state index is -0.0675. The minimum Gasteiger partial charge on any atom is -0.348 e. The Morgan fingerprint density at radius 1 is 1.35 bits per heavy atom. The van der Waals surface area contributed by atoms with Gasteiger partial charge in [0.05, 0.1) is 6.54 Å². The Hall–Kier alpha value is -2.15. The van der Waals surface area contributed by atoms with Crippen LogP contribution in [0.2, 0.25) is 0 Å². The molecule has 1 aromatic heterocycles. The first-order chi connectivity index (χ1) is 11.2. The van der Waals surface area contributed by atoms with Gasteiger partial charge >= 0.3 is 0 Å². The van der Waals surface area contributed by atoms with E-state index in [9.17, 15) is 4.79 Å². The van der Waals surface area contributed by atoms with Gasteiger partial charge < -0.3 is 5.32 Å². The van der Waals surface area contributed by atoms with Gasteiger partial charge in [-0.05, 0) is 24.7 Å². The normalized spacial score (nSPS) is 22.8. The van der Waals surface area contributed by atoms with Crippen LogP contribution in [0.3, 0.4) is 0 Å². The van der Waals surface area contributed by atoms with Crippen LogP contribution < -0.4 is 5.32 Å². The molecule has 0 aliphatic carbocycles. The number of hydrogen-bond acceptors (Lipinski definition) is 5. The second-order valence-electron chi connectivity index (χ2n) is 5.87. The molecule has 3 heterocycles.